The highest BCUT2D eigenvalue weighted by atomic mass is 19.3. The zero-order valence-corrected chi connectivity index (χ0v) is 6.45. The largest absolute Gasteiger partial charge is 0.322 e. The van der Waals surface area contributed by atoms with Crippen LogP contribution in [-0.4, -0.2) is 11.4 Å². The number of hydrogen-bond acceptors (Lipinski definition) is 2. The molecule has 1 aromatic rings. The smallest absolute Gasteiger partial charge is 0.240 e. The molecule has 0 saturated heterocycles. The molecule has 0 radical (unpaired) electrons. The summed E-state index contributed by atoms with van der Waals surface area (Å²) in [7, 11) is 0. The fourth-order valence-corrected chi connectivity index (χ4v) is 0.908. The monoisotopic (exact) mass is 172 g/mol. The summed E-state index contributed by atoms with van der Waals surface area (Å²) in [5, 5.41) is 0. The van der Waals surface area contributed by atoms with Crippen LogP contribution in [0.4, 0.5) is 8.78 Å². The highest BCUT2D eigenvalue weighted by Gasteiger charge is 2.12. The SMILES string of the molecule is N[C@@H](CC(F)F)c1ccccn1. The van der Waals surface area contributed by atoms with Gasteiger partial charge in [0, 0.05) is 12.6 Å². The van der Waals surface area contributed by atoms with Crippen molar-refractivity contribution in [1.82, 2.24) is 4.98 Å². The minimum Gasteiger partial charge on any atom is -0.322 e. The van der Waals surface area contributed by atoms with Crippen molar-refractivity contribution in [3.63, 3.8) is 0 Å². The van der Waals surface area contributed by atoms with Crippen molar-refractivity contribution in [2.45, 2.75) is 18.9 Å². The maximum atomic E-state index is 11.9. The summed E-state index contributed by atoms with van der Waals surface area (Å²) < 4.78 is 23.7. The highest BCUT2D eigenvalue weighted by Crippen LogP contribution is 2.14. The quantitative estimate of drug-likeness (QED) is 0.754. The predicted molar refractivity (Wildman–Crippen MR) is 41.8 cm³/mol. The van der Waals surface area contributed by atoms with Crippen LogP contribution in [0.3, 0.4) is 0 Å². The number of alkyl halides is 2. The molecule has 0 aliphatic rings. The first-order chi connectivity index (χ1) is 5.70. The standard InChI is InChI=1S/C8H10F2N2/c9-8(10)5-6(11)7-3-1-2-4-12-7/h1-4,6,8H,5,11H2/t6-/m0/s1. The Labute approximate surface area is 69.4 Å². The van der Waals surface area contributed by atoms with Gasteiger partial charge in [0.25, 0.3) is 0 Å². The normalized spacial score (nSPS) is 13.3. The van der Waals surface area contributed by atoms with Crippen molar-refractivity contribution in [3.8, 4) is 0 Å². The van der Waals surface area contributed by atoms with Gasteiger partial charge in [-0.1, -0.05) is 6.07 Å². The summed E-state index contributed by atoms with van der Waals surface area (Å²) in [4.78, 5) is 3.87. The van der Waals surface area contributed by atoms with Crippen molar-refractivity contribution < 1.29 is 8.78 Å². The lowest BCUT2D eigenvalue weighted by atomic mass is 10.1. The van der Waals surface area contributed by atoms with Crippen LogP contribution in [0.2, 0.25) is 0 Å². The van der Waals surface area contributed by atoms with Gasteiger partial charge >= 0.3 is 0 Å². The number of hydrogen-bond donors (Lipinski definition) is 1. The van der Waals surface area contributed by atoms with E-state index in [9.17, 15) is 8.78 Å². The van der Waals surface area contributed by atoms with Crippen LogP contribution in [0.5, 0.6) is 0 Å². The Hall–Kier alpha value is -1.03. The molecule has 1 rings (SSSR count). The molecule has 0 aliphatic carbocycles. The van der Waals surface area contributed by atoms with Crippen LogP contribution in [-0.2, 0) is 0 Å². The van der Waals surface area contributed by atoms with Gasteiger partial charge < -0.3 is 5.73 Å². The van der Waals surface area contributed by atoms with E-state index in [1.165, 1.54) is 0 Å². The molecule has 2 nitrogen and oxygen atoms in total. The zero-order chi connectivity index (χ0) is 8.97. The van der Waals surface area contributed by atoms with Crippen molar-refractivity contribution in [2.24, 2.45) is 5.73 Å². The van der Waals surface area contributed by atoms with E-state index in [0.29, 0.717) is 5.69 Å². The summed E-state index contributed by atoms with van der Waals surface area (Å²) in [6.45, 7) is 0. The number of pyridine rings is 1. The molecule has 0 saturated carbocycles. The van der Waals surface area contributed by atoms with Gasteiger partial charge in [0.05, 0.1) is 11.7 Å². The molecule has 2 N–H and O–H groups in total. The Morgan fingerprint density at radius 2 is 2.17 bits per heavy atom. The predicted octanol–water partition coefficient (Wildman–Crippen LogP) is 1.74. The van der Waals surface area contributed by atoms with Crippen LogP contribution in [0.25, 0.3) is 0 Å². The highest BCUT2D eigenvalue weighted by molar-refractivity contribution is 5.07. The van der Waals surface area contributed by atoms with Gasteiger partial charge in [-0.3, -0.25) is 4.98 Å². The Bertz CT molecular complexity index is 226. The summed E-state index contributed by atoms with van der Waals surface area (Å²) in [5.74, 6) is 0. The second-order valence-electron chi connectivity index (χ2n) is 2.49. The molecule has 4 heteroatoms. The van der Waals surface area contributed by atoms with E-state index in [4.69, 9.17) is 5.73 Å². The third-order valence-corrected chi connectivity index (χ3v) is 1.50. The van der Waals surface area contributed by atoms with Crippen molar-refractivity contribution in [3.05, 3.63) is 30.1 Å². The van der Waals surface area contributed by atoms with E-state index < -0.39 is 12.5 Å². The van der Waals surface area contributed by atoms with Crippen molar-refractivity contribution in [2.75, 3.05) is 0 Å². The Morgan fingerprint density at radius 1 is 1.42 bits per heavy atom. The van der Waals surface area contributed by atoms with E-state index in [1.807, 2.05) is 0 Å². The summed E-state index contributed by atoms with van der Waals surface area (Å²) in [6.07, 6.45) is -1.17. The fourth-order valence-electron chi connectivity index (χ4n) is 0.908. The molecule has 0 fully saturated rings. The molecule has 0 aromatic carbocycles. The first-order valence-corrected chi connectivity index (χ1v) is 3.65. The lowest BCUT2D eigenvalue weighted by Crippen LogP contribution is -2.15. The zero-order valence-electron chi connectivity index (χ0n) is 6.45. The molecular weight excluding hydrogens is 162 g/mol. The Morgan fingerprint density at radius 3 is 2.67 bits per heavy atom. The molecule has 0 aliphatic heterocycles. The van der Waals surface area contributed by atoms with Gasteiger partial charge in [-0.05, 0) is 12.1 Å². The maximum Gasteiger partial charge on any atom is 0.240 e. The minimum atomic E-state index is -2.37. The van der Waals surface area contributed by atoms with Gasteiger partial charge in [-0.2, -0.15) is 0 Å². The topological polar surface area (TPSA) is 38.9 Å². The second-order valence-corrected chi connectivity index (χ2v) is 2.49. The average Bonchev–Trinajstić information content (AvgIpc) is 2.05. The summed E-state index contributed by atoms with van der Waals surface area (Å²) in [5.41, 5.74) is 5.97. The maximum absolute atomic E-state index is 11.9. The molecule has 1 atom stereocenters. The van der Waals surface area contributed by atoms with E-state index in [-0.39, 0.29) is 6.42 Å². The molecule has 1 heterocycles. The third kappa shape index (κ3) is 2.54. The van der Waals surface area contributed by atoms with Crippen molar-refractivity contribution in [1.29, 1.82) is 0 Å². The van der Waals surface area contributed by atoms with Crippen LogP contribution < -0.4 is 5.73 Å². The lowest BCUT2D eigenvalue weighted by molar-refractivity contribution is 0.128. The number of rotatable bonds is 3. The molecule has 1 aromatic heterocycles. The van der Waals surface area contributed by atoms with Gasteiger partial charge in [0.2, 0.25) is 6.43 Å². The summed E-state index contributed by atoms with van der Waals surface area (Å²) in [6, 6.07) is 4.44. The number of nitrogens with two attached hydrogens (primary N) is 1. The number of halogens is 2. The first kappa shape index (κ1) is 9.06. The van der Waals surface area contributed by atoms with E-state index >= 15 is 0 Å². The minimum absolute atomic E-state index is 0.336. The Kier molecular flexibility index (Phi) is 3.10. The number of aromatic nitrogens is 1. The summed E-state index contributed by atoms with van der Waals surface area (Å²) >= 11 is 0. The molecule has 0 amide bonds. The average molecular weight is 172 g/mol. The van der Waals surface area contributed by atoms with E-state index in [2.05, 4.69) is 4.98 Å². The van der Waals surface area contributed by atoms with Crippen LogP contribution >= 0.6 is 0 Å². The van der Waals surface area contributed by atoms with E-state index in [1.54, 1.807) is 24.4 Å². The van der Waals surface area contributed by atoms with Gasteiger partial charge in [0.15, 0.2) is 0 Å². The molecule has 66 valence electrons. The van der Waals surface area contributed by atoms with Crippen LogP contribution in [0.1, 0.15) is 18.2 Å². The molecule has 0 bridgehead atoms. The molecular formula is C8H10F2N2. The third-order valence-electron chi connectivity index (χ3n) is 1.50. The molecule has 0 unspecified atom stereocenters. The second kappa shape index (κ2) is 4.11. The fraction of sp³-hybridized carbons (Fsp3) is 0.375. The van der Waals surface area contributed by atoms with E-state index in [0.717, 1.165) is 0 Å². The van der Waals surface area contributed by atoms with Crippen molar-refractivity contribution >= 4 is 0 Å². The van der Waals surface area contributed by atoms with Crippen LogP contribution in [0.15, 0.2) is 24.4 Å². The van der Waals surface area contributed by atoms with Gasteiger partial charge in [-0.25, -0.2) is 8.78 Å². The van der Waals surface area contributed by atoms with Crippen LogP contribution in [0, 0.1) is 0 Å². The van der Waals surface area contributed by atoms with Gasteiger partial charge in [0.1, 0.15) is 0 Å². The number of nitrogens with zero attached hydrogens (tertiary/aromatic N) is 1. The Balaban J connectivity index is 2.59. The molecule has 0 spiro atoms. The van der Waals surface area contributed by atoms with Gasteiger partial charge in [-0.15, -0.1) is 0 Å². The lowest BCUT2D eigenvalue weighted by Gasteiger charge is -2.08. The first-order valence-electron chi connectivity index (χ1n) is 3.65. The molecule has 12 heavy (non-hydrogen) atoms.